The smallest absolute Gasteiger partial charge is 0.251 e. The van der Waals surface area contributed by atoms with Crippen LogP contribution in [0.1, 0.15) is 29.3 Å². The molecular formula is C19H27N3O3. The first kappa shape index (κ1) is 17.9. The van der Waals surface area contributed by atoms with Gasteiger partial charge < -0.3 is 15.0 Å². The van der Waals surface area contributed by atoms with Crippen LogP contribution in [0.5, 0.6) is 0 Å². The summed E-state index contributed by atoms with van der Waals surface area (Å²) < 4.78 is 5.34. The second kappa shape index (κ2) is 8.45. The van der Waals surface area contributed by atoms with Gasteiger partial charge in [-0.3, -0.25) is 14.5 Å². The van der Waals surface area contributed by atoms with E-state index in [1.54, 1.807) is 0 Å². The van der Waals surface area contributed by atoms with Crippen molar-refractivity contribution >= 4 is 11.8 Å². The maximum absolute atomic E-state index is 12.4. The van der Waals surface area contributed by atoms with E-state index in [0.29, 0.717) is 18.5 Å². The number of nitrogens with one attached hydrogen (secondary N) is 1. The molecule has 0 unspecified atom stereocenters. The molecule has 0 aromatic heterocycles. The Kier molecular flexibility index (Phi) is 6.04. The van der Waals surface area contributed by atoms with Crippen molar-refractivity contribution in [3.8, 4) is 0 Å². The van der Waals surface area contributed by atoms with Crippen LogP contribution >= 0.6 is 0 Å². The van der Waals surface area contributed by atoms with Crippen molar-refractivity contribution in [3.63, 3.8) is 0 Å². The number of hydrogen-bond donors (Lipinski definition) is 1. The number of hydrogen-bond acceptors (Lipinski definition) is 4. The molecule has 0 saturated carbocycles. The molecule has 1 aromatic rings. The lowest BCUT2D eigenvalue weighted by atomic mass is 10.1. The average molecular weight is 345 g/mol. The summed E-state index contributed by atoms with van der Waals surface area (Å²) in [6.45, 7) is 7.66. The minimum absolute atomic E-state index is 0.101. The molecule has 2 amide bonds. The number of carbonyl (C=O) groups is 2. The quantitative estimate of drug-likeness (QED) is 0.833. The molecule has 2 aliphatic heterocycles. The number of carbonyl (C=O) groups excluding carboxylic acids is 2. The van der Waals surface area contributed by atoms with Gasteiger partial charge in [-0.1, -0.05) is 19.1 Å². The van der Waals surface area contributed by atoms with Gasteiger partial charge in [0, 0.05) is 44.7 Å². The first-order valence-corrected chi connectivity index (χ1v) is 9.13. The Morgan fingerprint density at radius 2 is 1.92 bits per heavy atom. The van der Waals surface area contributed by atoms with Gasteiger partial charge in [-0.2, -0.15) is 0 Å². The molecule has 25 heavy (non-hydrogen) atoms. The predicted molar refractivity (Wildman–Crippen MR) is 95.5 cm³/mol. The van der Waals surface area contributed by atoms with Crippen LogP contribution in [0.15, 0.2) is 24.3 Å². The summed E-state index contributed by atoms with van der Waals surface area (Å²) in [5.74, 6) is 0.0235. The summed E-state index contributed by atoms with van der Waals surface area (Å²) in [7, 11) is 0. The molecule has 1 atom stereocenters. The fourth-order valence-electron chi connectivity index (χ4n) is 3.33. The highest BCUT2D eigenvalue weighted by Crippen LogP contribution is 2.13. The van der Waals surface area contributed by atoms with E-state index in [2.05, 4.69) is 17.1 Å². The van der Waals surface area contributed by atoms with Crippen LogP contribution in [-0.2, 0) is 16.0 Å². The van der Waals surface area contributed by atoms with Crippen LogP contribution < -0.4 is 5.32 Å². The average Bonchev–Trinajstić information content (AvgIpc) is 3.00. The lowest BCUT2D eigenvalue weighted by molar-refractivity contribution is -0.128. The van der Waals surface area contributed by atoms with Gasteiger partial charge in [-0.05, 0) is 24.1 Å². The van der Waals surface area contributed by atoms with Crippen LogP contribution in [0.25, 0.3) is 0 Å². The van der Waals surface area contributed by atoms with E-state index in [9.17, 15) is 9.59 Å². The zero-order valence-corrected chi connectivity index (χ0v) is 14.9. The Morgan fingerprint density at radius 3 is 2.60 bits per heavy atom. The van der Waals surface area contributed by atoms with E-state index in [1.165, 1.54) is 5.56 Å². The lowest BCUT2D eigenvalue weighted by Crippen LogP contribution is -2.42. The first-order valence-electron chi connectivity index (χ1n) is 9.13. The van der Waals surface area contributed by atoms with Crippen LogP contribution in [0.2, 0.25) is 0 Å². The van der Waals surface area contributed by atoms with Crippen molar-refractivity contribution in [2.24, 2.45) is 0 Å². The van der Waals surface area contributed by atoms with Crippen molar-refractivity contribution in [1.82, 2.24) is 15.1 Å². The van der Waals surface area contributed by atoms with Gasteiger partial charge >= 0.3 is 0 Å². The molecule has 2 saturated heterocycles. The molecule has 2 aliphatic rings. The van der Waals surface area contributed by atoms with E-state index in [1.807, 2.05) is 29.2 Å². The van der Waals surface area contributed by atoms with Crippen molar-refractivity contribution in [1.29, 1.82) is 0 Å². The molecule has 1 N–H and O–H groups in total. The fourth-order valence-corrected chi connectivity index (χ4v) is 3.33. The second-order valence-corrected chi connectivity index (χ2v) is 6.72. The van der Waals surface area contributed by atoms with Gasteiger partial charge in [0.15, 0.2) is 0 Å². The van der Waals surface area contributed by atoms with E-state index in [4.69, 9.17) is 4.74 Å². The molecule has 0 aliphatic carbocycles. The van der Waals surface area contributed by atoms with Gasteiger partial charge in [0.1, 0.15) is 0 Å². The monoisotopic (exact) mass is 345 g/mol. The van der Waals surface area contributed by atoms with Crippen LogP contribution in [0.3, 0.4) is 0 Å². The topological polar surface area (TPSA) is 61.9 Å². The van der Waals surface area contributed by atoms with Crippen LogP contribution in [-0.4, -0.2) is 73.6 Å². The van der Waals surface area contributed by atoms with Crippen LogP contribution in [0.4, 0.5) is 0 Å². The minimum atomic E-state index is -0.101. The minimum Gasteiger partial charge on any atom is -0.379 e. The highest BCUT2D eigenvalue weighted by atomic mass is 16.5. The molecule has 6 heteroatoms. The van der Waals surface area contributed by atoms with Gasteiger partial charge in [0.25, 0.3) is 5.91 Å². The Labute approximate surface area is 149 Å². The zero-order chi connectivity index (χ0) is 17.6. The number of likely N-dealkylation sites (tertiary alicyclic amines) is 1. The zero-order valence-electron chi connectivity index (χ0n) is 14.9. The summed E-state index contributed by atoms with van der Waals surface area (Å²) in [6, 6.07) is 7.55. The summed E-state index contributed by atoms with van der Waals surface area (Å²) >= 11 is 0. The highest BCUT2D eigenvalue weighted by molar-refractivity contribution is 5.95. The third-order valence-corrected chi connectivity index (χ3v) is 4.96. The maximum atomic E-state index is 12.4. The number of amides is 2. The maximum Gasteiger partial charge on any atom is 0.251 e. The van der Waals surface area contributed by atoms with Crippen LogP contribution in [0, 0.1) is 0 Å². The number of ether oxygens (including phenoxy) is 1. The molecule has 3 rings (SSSR count). The van der Waals surface area contributed by atoms with E-state index < -0.39 is 0 Å². The van der Waals surface area contributed by atoms with Crippen molar-refractivity contribution in [2.45, 2.75) is 25.8 Å². The number of aryl methyl sites for hydroxylation is 1. The lowest BCUT2D eigenvalue weighted by Gasteiger charge is -2.28. The molecule has 136 valence electrons. The van der Waals surface area contributed by atoms with Gasteiger partial charge in [0.05, 0.1) is 19.3 Å². The fraction of sp³-hybridized carbons (Fsp3) is 0.579. The molecule has 1 aromatic carbocycles. The van der Waals surface area contributed by atoms with Crippen molar-refractivity contribution in [2.75, 3.05) is 45.9 Å². The van der Waals surface area contributed by atoms with Crippen molar-refractivity contribution < 1.29 is 14.3 Å². The Morgan fingerprint density at radius 1 is 1.20 bits per heavy atom. The summed E-state index contributed by atoms with van der Waals surface area (Å²) in [6.07, 6.45) is 1.35. The third kappa shape index (κ3) is 4.80. The Balaban J connectivity index is 1.47. The number of morpholine rings is 1. The number of benzene rings is 1. The number of rotatable bonds is 6. The van der Waals surface area contributed by atoms with Crippen molar-refractivity contribution in [3.05, 3.63) is 35.4 Å². The molecule has 2 fully saturated rings. The summed E-state index contributed by atoms with van der Waals surface area (Å²) in [5, 5.41) is 3.00. The Bertz CT molecular complexity index is 596. The molecule has 0 radical (unpaired) electrons. The normalized spacial score (nSPS) is 21.6. The summed E-state index contributed by atoms with van der Waals surface area (Å²) in [5.41, 5.74) is 1.86. The second-order valence-electron chi connectivity index (χ2n) is 6.72. The largest absolute Gasteiger partial charge is 0.379 e. The summed E-state index contributed by atoms with van der Waals surface area (Å²) in [4.78, 5) is 28.7. The van der Waals surface area contributed by atoms with Gasteiger partial charge in [0.2, 0.25) is 5.91 Å². The molecule has 6 nitrogen and oxygen atoms in total. The molecular weight excluding hydrogens is 318 g/mol. The highest BCUT2D eigenvalue weighted by Gasteiger charge is 2.30. The first-order chi connectivity index (χ1) is 12.2. The SMILES string of the molecule is CCc1ccc(C(=O)N[C@@H]2CC(=O)N(CCN3CCOCC3)C2)cc1. The molecule has 2 heterocycles. The predicted octanol–water partition coefficient (Wildman–Crippen LogP) is 0.912. The standard InChI is InChI=1S/C19H27N3O3/c1-2-15-3-5-16(6-4-15)19(24)20-17-13-18(23)22(14-17)8-7-21-9-11-25-12-10-21/h3-6,17H,2,7-14H2,1H3,(H,20,24)/t17-/m1/s1. The van der Waals surface area contributed by atoms with E-state index in [-0.39, 0.29) is 17.9 Å². The molecule has 0 spiro atoms. The molecule has 0 bridgehead atoms. The van der Waals surface area contributed by atoms with E-state index >= 15 is 0 Å². The number of nitrogens with zero attached hydrogens (tertiary/aromatic N) is 2. The van der Waals surface area contributed by atoms with Gasteiger partial charge in [-0.15, -0.1) is 0 Å². The van der Waals surface area contributed by atoms with Gasteiger partial charge in [-0.25, -0.2) is 0 Å². The van der Waals surface area contributed by atoms with E-state index in [0.717, 1.165) is 45.8 Å². The Hall–Kier alpha value is -1.92. The third-order valence-electron chi connectivity index (χ3n) is 4.96.